The number of morpholine rings is 1. The van der Waals surface area contributed by atoms with Gasteiger partial charge in [-0.25, -0.2) is 0 Å². The van der Waals surface area contributed by atoms with E-state index in [4.69, 9.17) is 4.74 Å². The van der Waals surface area contributed by atoms with Gasteiger partial charge in [-0.2, -0.15) is 0 Å². The Bertz CT molecular complexity index is 780. The quantitative estimate of drug-likeness (QED) is 0.647. The van der Waals surface area contributed by atoms with Crippen LogP contribution in [0.3, 0.4) is 0 Å². The van der Waals surface area contributed by atoms with E-state index in [1.165, 1.54) is 11.1 Å². The summed E-state index contributed by atoms with van der Waals surface area (Å²) in [6.07, 6.45) is 6.35. The van der Waals surface area contributed by atoms with E-state index in [2.05, 4.69) is 50.4 Å². The summed E-state index contributed by atoms with van der Waals surface area (Å²) in [6.45, 7) is 5.80. The highest BCUT2D eigenvalue weighted by molar-refractivity contribution is 5.78. The van der Waals surface area contributed by atoms with Gasteiger partial charge in [-0.15, -0.1) is 0 Å². The zero-order chi connectivity index (χ0) is 20.6. The van der Waals surface area contributed by atoms with E-state index in [1.54, 1.807) is 0 Å². The summed E-state index contributed by atoms with van der Waals surface area (Å²) in [5.41, 5.74) is 2.47. The Morgan fingerprint density at radius 3 is 2.73 bits per heavy atom. The van der Waals surface area contributed by atoms with Crippen molar-refractivity contribution in [1.29, 1.82) is 0 Å². The number of hydrogen-bond donors (Lipinski definition) is 1. The lowest BCUT2D eigenvalue weighted by molar-refractivity contribution is -0.130. The molecule has 2 aromatic rings. The Morgan fingerprint density at radius 1 is 1.13 bits per heavy atom. The van der Waals surface area contributed by atoms with Crippen LogP contribution in [0.25, 0.3) is 0 Å². The van der Waals surface area contributed by atoms with Gasteiger partial charge in [0.15, 0.2) is 0 Å². The van der Waals surface area contributed by atoms with Crippen LogP contribution in [0.2, 0.25) is 0 Å². The highest BCUT2D eigenvalue weighted by Crippen LogP contribution is 2.28. The van der Waals surface area contributed by atoms with Crippen LogP contribution < -0.4 is 5.32 Å². The van der Waals surface area contributed by atoms with Crippen LogP contribution in [-0.2, 0) is 16.1 Å². The minimum atomic E-state index is 0.171. The fraction of sp³-hybridized carbons (Fsp3) is 0.500. The van der Waals surface area contributed by atoms with Gasteiger partial charge >= 0.3 is 0 Å². The van der Waals surface area contributed by atoms with Gasteiger partial charge in [-0.1, -0.05) is 36.4 Å². The van der Waals surface area contributed by atoms with Gasteiger partial charge in [0, 0.05) is 51.0 Å². The minimum absolute atomic E-state index is 0.171. The van der Waals surface area contributed by atoms with Crippen molar-refractivity contribution in [3.8, 4) is 0 Å². The fourth-order valence-electron chi connectivity index (χ4n) is 4.52. The van der Waals surface area contributed by atoms with Crippen molar-refractivity contribution in [2.75, 3.05) is 39.4 Å². The smallest absolute Gasteiger partial charge is 0.222 e. The standard InChI is InChI=1S/C24H32N4O2/c29-24-9-8-22(10-12-26-17-20-5-2-1-3-6-20)28(24)19-23(21-7-4-11-25-18-21)27-13-15-30-16-14-27/h1-7,11,18,22-23,26H,8-10,12-17,19H2. The molecule has 2 aliphatic heterocycles. The number of pyridine rings is 1. The van der Waals surface area contributed by atoms with E-state index in [0.717, 1.165) is 58.8 Å². The van der Waals surface area contributed by atoms with Gasteiger partial charge in [-0.3, -0.25) is 14.7 Å². The maximum Gasteiger partial charge on any atom is 0.222 e. The molecule has 0 radical (unpaired) electrons. The first kappa shape index (κ1) is 21.0. The molecule has 0 bridgehead atoms. The first-order chi connectivity index (χ1) is 14.8. The van der Waals surface area contributed by atoms with E-state index in [1.807, 2.05) is 24.5 Å². The van der Waals surface area contributed by atoms with E-state index in [9.17, 15) is 4.79 Å². The predicted molar refractivity (Wildman–Crippen MR) is 117 cm³/mol. The zero-order valence-electron chi connectivity index (χ0n) is 17.6. The molecule has 2 saturated heterocycles. The molecule has 2 unspecified atom stereocenters. The molecule has 0 saturated carbocycles. The average Bonchev–Trinajstić information content (AvgIpc) is 3.16. The highest BCUT2D eigenvalue weighted by Gasteiger charge is 2.34. The normalized spacial score (nSPS) is 21.1. The molecule has 1 aromatic carbocycles. The molecule has 2 atom stereocenters. The lowest BCUT2D eigenvalue weighted by atomic mass is 10.0. The molecule has 6 nitrogen and oxygen atoms in total. The van der Waals surface area contributed by atoms with Crippen LogP contribution in [0.15, 0.2) is 54.9 Å². The van der Waals surface area contributed by atoms with Gasteiger partial charge in [0.1, 0.15) is 0 Å². The lowest BCUT2D eigenvalue weighted by Gasteiger charge is -2.38. The van der Waals surface area contributed by atoms with E-state index in [0.29, 0.717) is 12.5 Å². The Hall–Kier alpha value is -2.28. The van der Waals surface area contributed by atoms with Gasteiger partial charge in [-0.05, 0) is 36.6 Å². The number of aromatic nitrogens is 1. The fourth-order valence-corrected chi connectivity index (χ4v) is 4.52. The molecular formula is C24H32N4O2. The van der Waals surface area contributed by atoms with Crippen molar-refractivity contribution >= 4 is 5.91 Å². The molecular weight excluding hydrogens is 376 g/mol. The highest BCUT2D eigenvalue weighted by atomic mass is 16.5. The van der Waals surface area contributed by atoms with Gasteiger partial charge in [0.2, 0.25) is 5.91 Å². The molecule has 1 amide bonds. The second-order valence-electron chi connectivity index (χ2n) is 8.14. The SMILES string of the molecule is O=C1CCC(CCNCc2ccccc2)N1CC(c1cccnc1)N1CCOCC1. The number of hydrogen-bond acceptors (Lipinski definition) is 5. The van der Waals surface area contributed by atoms with Gasteiger partial charge < -0.3 is 15.0 Å². The second kappa shape index (κ2) is 10.7. The van der Waals surface area contributed by atoms with Crippen LogP contribution in [0.1, 0.15) is 36.4 Å². The van der Waals surface area contributed by atoms with Crippen LogP contribution in [-0.4, -0.2) is 66.1 Å². The minimum Gasteiger partial charge on any atom is -0.379 e. The Labute approximate surface area is 179 Å². The molecule has 2 fully saturated rings. The molecule has 4 rings (SSSR count). The molecule has 6 heteroatoms. The molecule has 0 aliphatic carbocycles. The van der Waals surface area contributed by atoms with Crippen LogP contribution in [0.5, 0.6) is 0 Å². The second-order valence-corrected chi connectivity index (χ2v) is 8.14. The maximum absolute atomic E-state index is 12.7. The Morgan fingerprint density at radius 2 is 1.97 bits per heavy atom. The Balaban J connectivity index is 1.37. The molecule has 0 spiro atoms. The number of nitrogens with one attached hydrogen (secondary N) is 1. The summed E-state index contributed by atoms with van der Waals surface area (Å²) in [5.74, 6) is 0.283. The van der Waals surface area contributed by atoms with E-state index >= 15 is 0 Å². The summed E-state index contributed by atoms with van der Waals surface area (Å²) in [6, 6.07) is 15.0. The van der Waals surface area contributed by atoms with Crippen molar-refractivity contribution in [2.45, 2.75) is 37.9 Å². The third-order valence-electron chi connectivity index (χ3n) is 6.20. The predicted octanol–water partition coefficient (Wildman–Crippen LogP) is 2.63. The average molecular weight is 409 g/mol. The van der Waals surface area contributed by atoms with Gasteiger partial charge in [0.05, 0.1) is 19.3 Å². The van der Waals surface area contributed by atoms with Crippen LogP contribution >= 0.6 is 0 Å². The summed E-state index contributed by atoms with van der Waals surface area (Å²) in [5, 5.41) is 3.54. The first-order valence-corrected chi connectivity index (χ1v) is 11.1. The molecule has 160 valence electrons. The van der Waals surface area contributed by atoms with Crippen molar-refractivity contribution in [2.24, 2.45) is 0 Å². The van der Waals surface area contributed by atoms with Crippen molar-refractivity contribution in [3.63, 3.8) is 0 Å². The summed E-state index contributed by atoms with van der Waals surface area (Å²) < 4.78 is 5.55. The summed E-state index contributed by atoms with van der Waals surface area (Å²) >= 11 is 0. The monoisotopic (exact) mass is 408 g/mol. The van der Waals surface area contributed by atoms with Crippen molar-refractivity contribution in [3.05, 3.63) is 66.0 Å². The number of benzene rings is 1. The van der Waals surface area contributed by atoms with E-state index in [-0.39, 0.29) is 11.9 Å². The third kappa shape index (κ3) is 5.45. The largest absolute Gasteiger partial charge is 0.379 e. The molecule has 3 heterocycles. The number of likely N-dealkylation sites (tertiary alicyclic amines) is 1. The van der Waals surface area contributed by atoms with Crippen molar-refractivity contribution in [1.82, 2.24) is 20.1 Å². The Kier molecular flexibility index (Phi) is 7.45. The summed E-state index contributed by atoms with van der Waals surface area (Å²) in [4.78, 5) is 21.6. The number of ether oxygens (including phenoxy) is 1. The number of amides is 1. The maximum atomic E-state index is 12.7. The molecule has 30 heavy (non-hydrogen) atoms. The zero-order valence-corrected chi connectivity index (χ0v) is 17.6. The first-order valence-electron chi connectivity index (χ1n) is 11.1. The number of carbonyl (C=O) groups is 1. The number of rotatable bonds is 9. The number of nitrogens with zero attached hydrogens (tertiary/aromatic N) is 3. The summed E-state index contributed by atoms with van der Waals surface area (Å²) in [7, 11) is 0. The van der Waals surface area contributed by atoms with Crippen LogP contribution in [0.4, 0.5) is 0 Å². The molecule has 2 aliphatic rings. The van der Waals surface area contributed by atoms with E-state index < -0.39 is 0 Å². The lowest BCUT2D eigenvalue weighted by Crippen LogP contribution is -2.46. The third-order valence-corrected chi connectivity index (χ3v) is 6.20. The molecule has 1 N–H and O–H groups in total. The topological polar surface area (TPSA) is 57.7 Å². The number of carbonyl (C=O) groups excluding carboxylic acids is 1. The molecule has 1 aromatic heterocycles. The van der Waals surface area contributed by atoms with Crippen LogP contribution in [0, 0.1) is 0 Å². The van der Waals surface area contributed by atoms with Gasteiger partial charge in [0.25, 0.3) is 0 Å². The van der Waals surface area contributed by atoms with Crippen molar-refractivity contribution < 1.29 is 9.53 Å².